The molecule has 344 valence electrons. The lowest BCUT2D eigenvalue weighted by Crippen LogP contribution is -2.37. The Balaban J connectivity index is 4.38. The van der Waals surface area contributed by atoms with Crippen LogP contribution in [-0.4, -0.2) is 75.6 Å². The molecule has 9 heteroatoms. The van der Waals surface area contributed by atoms with Crippen LogP contribution in [0.5, 0.6) is 0 Å². The quantitative estimate of drug-likeness (QED) is 0.0216. The number of carbonyl (C=O) groups is 1. The van der Waals surface area contributed by atoms with Crippen LogP contribution in [0.4, 0.5) is 0 Å². The van der Waals surface area contributed by atoms with Crippen molar-refractivity contribution in [2.45, 2.75) is 136 Å². The maximum atomic E-state index is 12.6. The highest BCUT2D eigenvalue weighted by atomic mass is 31.2. The van der Waals surface area contributed by atoms with Gasteiger partial charge in [-0.05, 0) is 89.9 Å². The molecule has 0 amide bonds. The van der Waals surface area contributed by atoms with Crippen LogP contribution in [0.2, 0.25) is 0 Å². The number of quaternary nitrogens is 1. The molecule has 0 aromatic rings. The van der Waals surface area contributed by atoms with E-state index < -0.39 is 19.9 Å². The van der Waals surface area contributed by atoms with Gasteiger partial charge in [-0.15, -0.1) is 0 Å². The number of phosphoric acid groups is 1. The first-order chi connectivity index (χ1) is 29.6. The zero-order valence-electron chi connectivity index (χ0n) is 38.8. The standard InChI is InChI=1S/C52H84NO7P/c1-6-8-10-12-14-16-18-20-22-23-24-25-26-27-28-29-30-32-34-36-38-40-42-44-47-57-49-51(50-59-61(55,56)58-48-46-53(3,4)5)60-52(54)45-43-41-39-37-35-33-31-21-19-17-15-13-11-9-7-2/h8-11,14-17,20-22,24-25,27-28,30-32,35,37,41,43,51H,6-7,12-13,18-19,23,26,29,33-34,36,38-40,42,44-50H2,1-5H3/p+1/b10-8-,11-9-,16-14-,17-15-,22-20-,25-24-,28-27-,31-21-,32-30-,37-35-,43-41-. The third-order valence-corrected chi connectivity index (χ3v) is 9.72. The molecule has 0 spiro atoms. The van der Waals surface area contributed by atoms with E-state index in [1.165, 1.54) is 0 Å². The van der Waals surface area contributed by atoms with Gasteiger partial charge in [0.25, 0.3) is 0 Å². The normalized spacial score (nSPS) is 14.9. The molecule has 0 saturated heterocycles. The van der Waals surface area contributed by atoms with E-state index in [4.69, 9.17) is 18.5 Å². The summed E-state index contributed by atoms with van der Waals surface area (Å²) in [5.74, 6) is -0.454. The molecule has 2 atom stereocenters. The Morgan fingerprint density at radius 1 is 0.508 bits per heavy atom. The van der Waals surface area contributed by atoms with Gasteiger partial charge in [-0.1, -0.05) is 167 Å². The highest BCUT2D eigenvalue weighted by Gasteiger charge is 2.26. The molecule has 8 nitrogen and oxygen atoms in total. The highest BCUT2D eigenvalue weighted by molar-refractivity contribution is 7.47. The number of phosphoric ester groups is 1. The molecule has 2 unspecified atom stereocenters. The zero-order chi connectivity index (χ0) is 44.8. The summed E-state index contributed by atoms with van der Waals surface area (Å²) in [6.07, 6.45) is 63.8. The first-order valence-electron chi connectivity index (χ1n) is 22.9. The topological polar surface area (TPSA) is 91.3 Å². The number of hydrogen-bond donors (Lipinski definition) is 1. The van der Waals surface area contributed by atoms with Crippen LogP contribution in [-0.2, 0) is 27.9 Å². The number of ether oxygens (including phenoxy) is 2. The molecule has 0 rings (SSSR count). The first kappa shape index (κ1) is 57.6. The van der Waals surface area contributed by atoms with Crippen molar-refractivity contribution in [3.8, 4) is 0 Å². The largest absolute Gasteiger partial charge is 0.472 e. The fourth-order valence-electron chi connectivity index (χ4n) is 5.28. The van der Waals surface area contributed by atoms with Crippen molar-refractivity contribution >= 4 is 13.8 Å². The van der Waals surface area contributed by atoms with Gasteiger partial charge in [0.1, 0.15) is 19.3 Å². The Hall–Kier alpha value is -3.36. The second-order valence-corrected chi connectivity index (χ2v) is 17.1. The van der Waals surface area contributed by atoms with Crippen molar-refractivity contribution in [3.05, 3.63) is 134 Å². The number of esters is 1. The van der Waals surface area contributed by atoms with Crippen molar-refractivity contribution in [3.63, 3.8) is 0 Å². The van der Waals surface area contributed by atoms with Crippen LogP contribution in [0, 0.1) is 0 Å². The summed E-state index contributed by atoms with van der Waals surface area (Å²) in [5, 5.41) is 0. The molecule has 0 saturated carbocycles. The number of likely N-dealkylation sites (N-methyl/N-ethyl adjacent to an activating group) is 1. The average molecular weight is 867 g/mol. The van der Waals surface area contributed by atoms with E-state index in [1.54, 1.807) is 6.08 Å². The van der Waals surface area contributed by atoms with Gasteiger partial charge in [-0.25, -0.2) is 4.57 Å². The molecule has 61 heavy (non-hydrogen) atoms. The van der Waals surface area contributed by atoms with Gasteiger partial charge in [0, 0.05) is 6.61 Å². The lowest BCUT2D eigenvalue weighted by Gasteiger charge is -2.24. The van der Waals surface area contributed by atoms with Crippen molar-refractivity contribution in [1.82, 2.24) is 0 Å². The molecule has 0 aromatic heterocycles. The zero-order valence-corrected chi connectivity index (χ0v) is 39.7. The Labute approximate surface area is 373 Å². The molecule has 0 aliphatic heterocycles. The van der Waals surface area contributed by atoms with Crippen LogP contribution >= 0.6 is 7.82 Å². The van der Waals surface area contributed by atoms with Crippen molar-refractivity contribution in [2.24, 2.45) is 0 Å². The van der Waals surface area contributed by atoms with Gasteiger partial charge in [-0.3, -0.25) is 13.8 Å². The minimum atomic E-state index is -4.32. The van der Waals surface area contributed by atoms with E-state index in [2.05, 4.69) is 135 Å². The molecule has 0 heterocycles. The lowest BCUT2D eigenvalue weighted by molar-refractivity contribution is -0.870. The van der Waals surface area contributed by atoms with Gasteiger partial charge in [-0.2, -0.15) is 0 Å². The lowest BCUT2D eigenvalue weighted by atomic mass is 10.1. The molecule has 0 aliphatic carbocycles. The number of nitrogens with zero attached hydrogens (tertiary/aromatic N) is 1. The summed E-state index contributed by atoms with van der Waals surface area (Å²) >= 11 is 0. The van der Waals surface area contributed by atoms with Crippen molar-refractivity contribution in [2.75, 3.05) is 54.1 Å². The summed E-state index contributed by atoms with van der Waals surface area (Å²) in [6.45, 7) is 5.16. The fourth-order valence-corrected chi connectivity index (χ4v) is 6.02. The molecular weight excluding hydrogens is 782 g/mol. The highest BCUT2D eigenvalue weighted by Crippen LogP contribution is 2.43. The number of allylic oxidation sites excluding steroid dienone is 21. The monoisotopic (exact) mass is 867 g/mol. The van der Waals surface area contributed by atoms with Gasteiger partial charge < -0.3 is 18.9 Å². The third-order valence-electron chi connectivity index (χ3n) is 8.74. The second-order valence-electron chi connectivity index (χ2n) is 15.7. The molecule has 1 N–H and O–H groups in total. The summed E-state index contributed by atoms with van der Waals surface area (Å²) in [4.78, 5) is 22.8. The predicted molar refractivity (Wildman–Crippen MR) is 260 cm³/mol. The smallest absolute Gasteiger partial charge is 0.457 e. The van der Waals surface area contributed by atoms with E-state index >= 15 is 0 Å². The summed E-state index contributed by atoms with van der Waals surface area (Å²) in [6, 6.07) is 0. The van der Waals surface area contributed by atoms with E-state index in [1.807, 2.05) is 27.2 Å². The third kappa shape index (κ3) is 47.5. The predicted octanol–water partition coefficient (Wildman–Crippen LogP) is 13.9. The maximum Gasteiger partial charge on any atom is 0.472 e. The van der Waals surface area contributed by atoms with Crippen LogP contribution < -0.4 is 0 Å². The minimum Gasteiger partial charge on any atom is -0.457 e. The second kappa shape index (κ2) is 43.3. The van der Waals surface area contributed by atoms with Crippen LogP contribution in [0.1, 0.15) is 129 Å². The van der Waals surface area contributed by atoms with Gasteiger partial charge >= 0.3 is 13.8 Å². The molecule has 0 aliphatic rings. The van der Waals surface area contributed by atoms with Crippen LogP contribution in [0.3, 0.4) is 0 Å². The van der Waals surface area contributed by atoms with Gasteiger partial charge in [0.15, 0.2) is 0 Å². The molecule has 0 bridgehead atoms. The Kier molecular flexibility index (Phi) is 40.9. The molecule has 0 aromatic carbocycles. The average Bonchev–Trinajstić information content (AvgIpc) is 3.22. The Morgan fingerprint density at radius 2 is 0.902 bits per heavy atom. The maximum absolute atomic E-state index is 12.6. The summed E-state index contributed by atoms with van der Waals surface area (Å²) in [5.41, 5.74) is 0. The number of carbonyl (C=O) groups excluding carboxylic acids is 1. The van der Waals surface area contributed by atoms with E-state index in [0.29, 0.717) is 24.1 Å². The Bertz CT molecular complexity index is 1420. The van der Waals surface area contributed by atoms with E-state index in [-0.39, 0.29) is 26.2 Å². The summed E-state index contributed by atoms with van der Waals surface area (Å²) < 4.78 is 34.8. The van der Waals surface area contributed by atoms with Crippen molar-refractivity contribution < 1.29 is 37.3 Å². The number of hydrogen-bond acceptors (Lipinski definition) is 6. The SMILES string of the molecule is CC/C=C\C/C=C\C/C=C\C/C=C\C/C=C\C/C=C\CCCCCCCOCC(COP(=O)(O)OCC[N+](C)(C)C)OC(=O)C/C=C\C/C=C\C/C=C\C/C=C\C/C=C\CC. The van der Waals surface area contributed by atoms with Gasteiger partial charge in [0.05, 0.1) is 40.8 Å². The number of unbranched alkanes of at least 4 members (excludes halogenated alkanes) is 5. The van der Waals surface area contributed by atoms with E-state index in [0.717, 1.165) is 103 Å². The van der Waals surface area contributed by atoms with Crippen LogP contribution in [0.25, 0.3) is 0 Å². The first-order valence-corrected chi connectivity index (χ1v) is 24.4. The number of rotatable bonds is 40. The fraction of sp³-hybridized carbons (Fsp3) is 0.558. The van der Waals surface area contributed by atoms with Crippen molar-refractivity contribution in [1.29, 1.82) is 0 Å². The van der Waals surface area contributed by atoms with Gasteiger partial charge in [0.2, 0.25) is 0 Å². The van der Waals surface area contributed by atoms with Crippen LogP contribution in [0.15, 0.2) is 134 Å². The summed E-state index contributed by atoms with van der Waals surface area (Å²) in [7, 11) is 1.57. The molecular formula is C52H85NO7P+. The molecule has 0 radical (unpaired) electrons. The minimum absolute atomic E-state index is 0.0592. The Morgan fingerprint density at radius 3 is 1.34 bits per heavy atom. The van der Waals surface area contributed by atoms with E-state index in [9.17, 15) is 14.3 Å². The molecule has 0 fully saturated rings.